The van der Waals surface area contributed by atoms with Gasteiger partial charge in [-0.3, -0.25) is 9.59 Å². The lowest BCUT2D eigenvalue weighted by Crippen LogP contribution is -2.25. The summed E-state index contributed by atoms with van der Waals surface area (Å²) in [5.41, 5.74) is 2.36. The number of ketones is 1. The van der Waals surface area contributed by atoms with Gasteiger partial charge >= 0.3 is 5.97 Å². The number of esters is 1. The molecule has 1 aromatic heterocycles. The first-order chi connectivity index (χ1) is 15.1. The number of hydrogen-bond donors (Lipinski definition) is 0. The van der Waals surface area contributed by atoms with Gasteiger partial charge in [0.15, 0.2) is 5.76 Å². The minimum atomic E-state index is -0.637. The van der Waals surface area contributed by atoms with Gasteiger partial charge in [-0.05, 0) is 71.0 Å². The van der Waals surface area contributed by atoms with Crippen LogP contribution in [0.5, 0.6) is 17.2 Å². The normalized spacial score (nSPS) is 14.6. The molecule has 0 bridgehead atoms. The van der Waals surface area contributed by atoms with Gasteiger partial charge in [0, 0.05) is 34.8 Å². The highest BCUT2D eigenvalue weighted by Crippen LogP contribution is 2.40. The van der Waals surface area contributed by atoms with E-state index in [4.69, 9.17) is 14.2 Å². The maximum absolute atomic E-state index is 13.0. The van der Waals surface area contributed by atoms with Crippen molar-refractivity contribution in [2.45, 2.75) is 41.2 Å². The molecule has 0 fully saturated rings. The zero-order valence-corrected chi connectivity index (χ0v) is 19.2. The third kappa shape index (κ3) is 3.66. The fourth-order valence-corrected chi connectivity index (χ4v) is 3.68. The van der Waals surface area contributed by atoms with Crippen LogP contribution in [0, 0.1) is 12.3 Å². The Bertz CT molecular complexity index is 1270. The molecule has 0 saturated heterocycles. The molecule has 1 aliphatic heterocycles. The zero-order chi connectivity index (χ0) is 23.2. The second kappa shape index (κ2) is 7.86. The highest BCUT2D eigenvalue weighted by Gasteiger charge is 2.32. The van der Waals surface area contributed by atoms with E-state index in [1.165, 1.54) is 0 Å². The van der Waals surface area contributed by atoms with Crippen molar-refractivity contribution in [3.8, 4) is 17.2 Å². The lowest BCUT2D eigenvalue weighted by atomic mass is 9.97. The molecule has 0 atom stereocenters. The lowest BCUT2D eigenvalue weighted by molar-refractivity contribution is -0.143. The molecule has 3 aromatic rings. The third-order valence-electron chi connectivity index (χ3n) is 5.60. The Kier molecular flexibility index (Phi) is 5.33. The SMILES string of the molecule is CCn1cc(/C=C2/Oc3c(ccc(OC(=O)C(C)(C)C)c3C)C2=O)c2cc(OC)ccc21. The number of carbonyl (C=O) groups is 2. The predicted molar refractivity (Wildman–Crippen MR) is 123 cm³/mol. The minimum absolute atomic E-state index is 0.197. The average molecular weight is 434 g/mol. The number of Topliss-reactive ketones (excluding diaryl/α,β-unsaturated/α-hetero) is 1. The van der Waals surface area contributed by atoms with Crippen LogP contribution in [0.2, 0.25) is 0 Å². The molecule has 0 radical (unpaired) electrons. The first-order valence-electron chi connectivity index (χ1n) is 10.6. The first kappa shape index (κ1) is 21.7. The topological polar surface area (TPSA) is 66.8 Å². The zero-order valence-electron chi connectivity index (χ0n) is 19.2. The predicted octanol–water partition coefficient (Wildman–Crippen LogP) is 5.55. The number of benzene rings is 2. The summed E-state index contributed by atoms with van der Waals surface area (Å²) in [6.45, 7) is 10.0. The first-order valence-corrected chi connectivity index (χ1v) is 10.6. The van der Waals surface area contributed by atoms with E-state index in [1.54, 1.807) is 53.0 Å². The van der Waals surface area contributed by atoms with Crippen molar-refractivity contribution >= 4 is 28.7 Å². The van der Waals surface area contributed by atoms with Crippen LogP contribution in [0.1, 0.15) is 49.2 Å². The molecule has 0 amide bonds. The molecule has 0 aliphatic carbocycles. The Morgan fingerprint density at radius 1 is 1.19 bits per heavy atom. The molecule has 6 heteroatoms. The Labute approximate surface area is 187 Å². The van der Waals surface area contributed by atoms with Crippen LogP contribution in [-0.4, -0.2) is 23.4 Å². The molecule has 166 valence electrons. The third-order valence-corrected chi connectivity index (χ3v) is 5.60. The summed E-state index contributed by atoms with van der Waals surface area (Å²) in [7, 11) is 1.63. The average Bonchev–Trinajstić information content (AvgIpc) is 3.27. The molecule has 32 heavy (non-hydrogen) atoms. The number of rotatable bonds is 4. The van der Waals surface area contributed by atoms with Crippen LogP contribution in [-0.2, 0) is 11.3 Å². The van der Waals surface area contributed by atoms with Gasteiger partial charge in [-0.2, -0.15) is 0 Å². The lowest BCUT2D eigenvalue weighted by Gasteiger charge is -2.17. The molecular formula is C26H27NO5. The van der Waals surface area contributed by atoms with Crippen molar-refractivity contribution in [3.05, 3.63) is 59.0 Å². The van der Waals surface area contributed by atoms with Gasteiger partial charge in [-0.1, -0.05) is 0 Å². The maximum atomic E-state index is 13.0. The van der Waals surface area contributed by atoms with Crippen LogP contribution in [0.15, 0.2) is 42.3 Å². The van der Waals surface area contributed by atoms with E-state index in [2.05, 4.69) is 11.5 Å². The van der Waals surface area contributed by atoms with Crippen LogP contribution >= 0.6 is 0 Å². The van der Waals surface area contributed by atoms with E-state index in [1.807, 2.05) is 24.4 Å². The molecule has 0 unspecified atom stereocenters. The van der Waals surface area contributed by atoms with Gasteiger partial charge in [0.1, 0.15) is 17.2 Å². The van der Waals surface area contributed by atoms with E-state index < -0.39 is 5.41 Å². The minimum Gasteiger partial charge on any atom is -0.497 e. The van der Waals surface area contributed by atoms with Crippen molar-refractivity contribution in [2.75, 3.05) is 7.11 Å². The second-order valence-corrected chi connectivity index (χ2v) is 8.90. The summed E-state index contributed by atoms with van der Waals surface area (Å²) in [6.07, 6.45) is 3.76. The van der Waals surface area contributed by atoms with Gasteiger partial charge in [0.05, 0.1) is 18.1 Å². The molecular weight excluding hydrogens is 406 g/mol. The second-order valence-electron chi connectivity index (χ2n) is 8.90. The van der Waals surface area contributed by atoms with Crippen molar-refractivity contribution in [1.29, 1.82) is 0 Å². The number of hydrogen-bond acceptors (Lipinski definition) is 5. The van der Waals surface area contributed by atoms with Gasteiger partial charge < -0.3 is 18.8 Å². The van der Waals surface area contributed by atoms with Crippen LogP contribution < -0.4 is 14.2 Å². The van der Waals surface area contributed by atoms with E-state index in [0.29, 0.717) is 22.6 Å². The Morgan fingerprint density at radius 3 is 2.59 bits per heavy atom. The Balaban J connectivity index is 1.73. The molecule has 1 aliphatic rings. The van der Waals surface area contributed by atoms with Crippen LogP contribution in [0.25, 0.3) is 17.0 Å². The van der Waals surface area contributed by atoms with Gasteiger partial charge in [0.2, 0.25) is 5.78 Å². The van der Waals surface area contributed by atoms with Crippen molar-refractivity contribution in [2.24, 2.45) is 5.41 Å². The van der Waals surface area contributed by atoms with Crippen molar-refractivity contribution in [3.63, 3.8) is 0 Å². The largest absolute Gasteiger partial charge is 0.497 e. The Hall–Kier alpha value is -3.54. The number of allylic oxidation sites excluding steroid dienone is 1. The van der Waals surface area contributed by atoms with Crippen molar-refractivity contribution < 1.29 is 23.8 Å². The van der Waals surface area contributed by atoms with Crippen LogP contribution in [0.3, 0.4) is 0 Å². The van der Waals surface area contributed by atoms with Crippen molar-refractivity contribution in [1.82, 2.24) is 4.57 Å². The number of aryl methyl sites for hydroxylation is 1. The Morgan fingerprint density at radius 2 is 1.94 bits per heavy atom. The molecule has 2 aromatic carbocycles. The summed E-state index contributed by atoms with van der Waals surface area (Å²) < 4.78 is 19.0. The van der Waals surface area contributed by atoms with E-state index in [-0.39, 0.29) is 17.5 Å². The standard InChI is InChI=1S/C26H27NO5/c1-7-27-14-16(19-13-17(30-6)8-10-20(19)27)12-22-23(28)18-9-11-21(15(2)24(18)31-22)32-25(29)26(3,4)5/h8-14H,7H2,1-6H3/b22-12+. The molecule has 2 heterocycles. The number of aromatic nitrogens is 1. The summed E-state index contributed by atoms with van der Waals surface area (Å²) in [5, 5.41) is 0.975. The monoisotopic (exact) mass is 433 g/mol. The highest BCUT2D eigenvalue weighted by molar-refractivity contribution is 6.15. The summed E-state index contributed by atoms with van der Waals surface area (Å²) >= 11 is 0. The molecule has 6 nitrogen and oxygen atoms in total. The maximum Gasteiger partial charge on any atom is 0.316 e. The molecule has 0 saturated carbocycles. The van der Waals surface area contributed by atoms with Gasteiger partial charge in [-0.25, -0.2) is 0 Å². The number of fused-ring (bicyclic) bond motifs is 2. The van der Waals surface area contributed by atoms with E-state index >= 15 is 0 Å². The summed E-state index contributed by atoms with van der Waals surface area (Å²) in [5.74, 6) is 1.26. The number of ether oxygens (including phenoxy) is 3. The van der Waals surface area contributed by atoms with Gasteiger partial charge in [-0.15, -0.1) is 0 Å². The number of nitrogens with zero attached hydrogens (tertiary/aromatic N) is 1. The molecule has 4 rings (SSSR count). The summed E-state index contributed by atoms with van der Waals surface area (Å²) in [4.78, 5) is 25.4. The fraction of sp³-hybridized carbons (Fsp3) is 0.308. The fourth-order valence-electron chi connectivity index (χ4n) is 3.68. The van der Waals surface area contributed by atoms with E-state index in [9.17, 15) is 9.59 Å². The van der Waals surface area contributed by atoms with E-state index in [0.717, 1.165) is 28.8 Å². The molecule has 0 N–H and O–H groups in total. The number of methoxy groups -OCH3 is 1. The molecule has 0 spiro atoms. The quantitative estimate of drug-likeness (QED) is 0.307. The smallest absolute Gasteiger partial charge is 0.316 e. The summed E-state index contributed by atoms with van der Waals surface area (Å²) in [6, 6.07) is 9.18. The van der Waals surface area contributed by atoms with Crippen LogP contribution in [0.4, 0.5) is 0 Å². The number of carbonyl (C=O) groups excluding carboxylic acids is 2. The van der Waals surface area contributed by atoms with Gasteiger partial charge in [0.25, 0.3) is 0 Å². The highest BCUT2D eigenvalue weighted by atomic mass is 16.5.